The molecule has 2 rings (SSSR count). The molecular formula is C14H11BrO4. The maximum absolute atomic E-state index is 10.3. The van der Waals surface area contributed by atoms with E-state index in [0.29, 0.717) is 28.2 Å². The van der Waals surface area contributed by atoms with Gasteiger partial charge in [-0.2, -0.15) is 0 Å². The summed E-state index contributed by atoms with van der Waals surface area (Å²) >= 11 is 3.12. The number of rotatable bonds is 2. The normalized spacial score (nSPS) is 9.11. The molecule has 0 bridgehead atoms. The van der Waals surface area contributed by atoms with E-state index in [0.717, 1.165) is 0 Å². The van der Waals surface area contributed by atoms with Gasteiger partial charge in [-0.15, -0.1) is 0 Å². The summed E-state index contributed by atoms with van der Waals surface area (Å²) in [6.07, 6.45) is 1.23. The summed E-state index contributed by atoms with van der Waals surface area (Å²) in [6, 6.07) is 11.2. The second-order valence-electron chi connectivity index (χ2n) is 3.47. The Morgan fingerprint density at radius 2 is 1.47 bits per heavy atom. The number of aromatic hydroxyl groups is 2. The average Bonchev–Trinajstić information content (AvgIpc) is 2.40. The molecule has 0 fully saturated rings. The van der Waals surface area contributed by atoms with E-state index in [1.807, 2.05) is 0 Å². The van der Waals surface area contributed by atoms with Crippen LogP contribution in [0.2, 0.25) is 0 Å². The molecule has 0 aliphatic rings. The van der Waals surface area contributed by atoms with Crippen molar-refractivity contribution in [1.29, 1.82) is 0 Å². The van der Waals surface area contributed by atoms with E-state index in [2.05, 4.69) is 15.9 Å². The molecule has 19 heavy (non-hydrogen) atoms. The van der Waals surface area contributed by atoms with Crippen molar-refractivity contribution in [3.63, 3.8) is 0 Å². The largest absolute Gasteiger partial charge is 0.507 e. The summed E-state index contributed by atoms with van der Waals surface area (Å²) in [5.41, 5.74) is 0.625. The number of halogens is 1. The van der Waals surface area contributed by atoms with Gasteiger partial charge in [-0.3, -0.25) is 9.59 Å². The number of carbonyl (C=O) groups is 2. The molecule has 0 heterocycles. The van der Waals surface area contributed by atoms with Gasteiger partial charge in [0.1, 0.15) is 11.5 Å². The number of benzene rings is 2. The topological polar surface area (TPSA) is 74.6 Å². The van der Waals surface area contributed by atoms with Crippen LogP contribution in [0.4, 0.5) is 0 Å². The Hall–Kier alpha value is -2.14. The van der Waals surface area contributed by atoms with Gasteiger partial charge >= 0.3 is 0 Å². The lowest BCUT2D eigenvalue weighted by atomic mass is 10.2. The van der Waals surface area contributed by atoms with Gasteiger partial charge < -0.3 is 10.2 Å². The highest BCUT2D eigenvalue weighted by Crippen LogP contribution is 2.22. The number of phenolic OH excluding ortho intramolecular Hbond substituents is 2. The van der Waals surface area contributed by atoms with E-state index in [1.54, 1.807) is 30.3 Å². The monoisotopic (exact) mass is 322 g/mol. The van der Waals surface area contributed by atoms with E-state index in [-0.39, 0.29) is 11.5 Å². The lowest BCUT2D eigenvalue weighted by Crippen LogP contribution is -1.81. The van der Waals surface area contributed by atoms with E-state index >= 15 is 0 Å². The lowest BCUT2D eigenvalue weighted by Gasteiger charge is -1.96. The number of hydrogen-bond donors (Lipinski definition) is 2. The molecule has 2 aromatic carbocycles. The Morgan fingerprint density at radius 3 is 1.89 bits per heavy atom. The van der Waals surface area contributed by atoms with Crippen molar-refractivity contribution in [3.8, 4) is 11.5 Å². The summed E-state index contributed by atoms with van der Waals surface area (Å²) in [5, 5.41) is 17.9. The zero-order chi connectivity index (χ0) is 14.3. The first-order valence-corrected chi connectivity index (χ1v) is 6.05. The van der Waals surface area contributed by atoms with Crippen LogP contribution < -0.4 is 0 Å². The Labute approximate surface area is 118 Å². The molecule has 0 atom stereocenters. The molecule has 2 aromatic rings. The predicted molar refractivity (Wildman–Crippen MR) is 74.7 cm³/mol. The smallest absolute Gasteiger partial charge is 0.154 e. The van der Waals surface area contributed by atoms with Crippen molar-refractivity contribution in [2.24, 2.45) is 0 Å². The highest BCUT2D eigenvalue weighted by Gasteiger charge is 2.01. The standard InChI is InChI=1S/C7H5BrO2.C7H6O2/c8-6-2-1-3-7(10)5(6)4-9;8-5-6-3-1-2-4-7(6)9/h1-4,10H;1-5,9H. The molecular weight excluding hydrogens is 312 g/mol. The van der Waals surface area contributed by atoms with Crippen LogP contribution in [-0.4, -0.2) is 22.8 Å². The van der Waals surface area contributed by atoms with Gasteiger partial charge in [0, 0.05) is 4.47 Å². The van der Waals surface area contributed by atoms with Crippen LogP contribution in [0.5, 0.6) is 11.5 Å². The molecule has 2 N–H and O–H groups in total. The quantitative estimate of drug-likeness (QED) is 0.833. The molecule has 0 aliphatic heterocycles. The van der Waals surface area contributed by atoms with E-state index < -0.39 is 0 Å². The zero-order valence-electron chi connectivity index (χ0n) is 9.79. The summed E-state index contributed by atoms with van der Waals surface area (Å²) < 4.78 is 0.613. The van der Waals surface area contributed by atoms with Crippen molar-refractivity contribution in [2.45, 2.75) is 0 Å². The first kappa shape index (κ1) is 14.9. The lowest BCUT2D eigenvalue weighted by molar-refractivity contribution is 0.111. The molecule has 0 aromatic heterocycles. The number of hydrogen-bond acceptors (Lipinski definition) is 4. The Balaban J connectivity index is 0.000000191. The third-order valence-corrected chi connectivity index (χ3v) is 2.90. The van der Waals surface area contributed by atoms with Crippen LogP contribution in [0.3, 0.4) is 0 Å². The second-order valence-corrected chi connectivity index (χ2v) is 4.32. The summed E-state index contributed by atoms with van der Waals surface area (Å²) in [4.78, 5) is 20.3. The summed E-state index contributed by atoms with van der Waals surface area (Å²) in [7, 11) is 0. The Morgan fingerprint density at radius 1 is 0.842 bits per heavy atom. The van der Waals surface area contributed by atoms with Gasteiger partial charge in [-0.1, -0.05) is 18.2 Å². The highest BCUT2D eigenvalue weighted by molar-refractivity contribution is 9.10. The van der Waals surface area contributed by atoms with Crippen LogP contribution >= 0.6 is 15.9 Å². The van der Waals surface area contributed by atoms with Crippen LogP contribution in [-0.2, 0) is 0 Å². The van der Waals surface area contributed by atoms with E-state index in [4.69, 9.17) is 10.2 Å². The summed E-state index contributed by atoms with van der Waals surface area (Å²) in [5.74, 6) is 0.0388. The number of carbonyl (C=O) groups excluding carboxylic acids is 2. The maximum atomic E-state index is 10.3. The Bertz CT molecular complexity index is 561. The molecule has 0 unspecified atom stereocenters. The zero-order valence-corrected chi connectivity index (χ0v) is 11.4. The number of aldehydes is 2. The maximum Gasteiger partial charge on any atom is 0.154 e. The molecule has 0 saturated carbocycles. The third kappa shape index (κ3) is 4.22. The van der Waals surface area contributed by atoms with Crippen LogP contribution in [0, 0.1) is 0 Å². The van der Waals surface area contributed by atoms with Gasteiger partial charge in [0.15, 0.2) is 12.6 Å². The van der Waals surface area contributed by atoms with Crippen molar-refractivity contribution >= 4 is 28.5 Å². The van der Waals surface area contributed by atoms with Gasteiger partial charge in [0.25, 0.3) is 0 Å². The minimum absolute atomic E-state index is 0.00405. The summed E-state index contributed by atoms with van der Waals surface area (Å²) in [6.45, 7) is 0. The third-order valence-electron chi connectivity index (χ3n) is 2.21. The molecule has 4 nitrogen and oxygen atoms in total. The first-order valence-electron chi connectivity index (χ1n) is 5.26. The van der Waals surface area contributed by atoms with Gasteiger partial charge in [0.05, 0.1) is 11.1 Å². The number of para-hydroxylation sites is 1. The van der Waals surface area contributed by atoms with E-state index in [1.165, 1.54) is 12.1 Å². The van der Waals surface area contributed by atoms with Crippen molar-refractivity contribution < 1.29 is 19.8 Å². The minimum atomic E-state index is 0.00405. The van der Waals surface area contributed by atoms with Crippen molar-refractivity contribution in [3.05, 3.63) is 58.1 Å². The fraction of sp³-hybridized carbons (Fsp3) is 0. The molecule has 0 radical (unpaired) electrons. The highest BCUT2D eigenvalue weighted by atomic mass is 79.9. The predicted octanol–water partition coefficient (Wildman–Crippen LogP) is 3.17. The van der Waals surface area contributed by atoms with Gasteiger partial charge in [0.2, 0.25) is 0 Å². The number of phenols is 2. The molecule has 98 valence electrons. The molecule has 0 aliphatic carbocycles. The van der Waals surface area contributed by atoms with Crippen LogP contribution in [0.15, 0.2) is 46.9 Å². The van der Waals surface area contributed by atoms with Crippen LogP contribution in [0.1, 0.15) is 20.7 Å². The SMILES string of the molecule is O=Cc1c(O)cccc1Br.O=Cc1ccccc1O. The molecule has 0 spiro atoms. The Kier molecular flexibility index (Phi) is 5.75. The van der Waals surface area contributed by atoms with E-state index in [9.17, 15) is 9.59 Å². The van der Waals surface area contributed by atoms with Gasteiger partial charge in [-0.25, -0.2) is 0 Å². The van der Waals surface area contributed by atoms with Crippen LogP contribution in [0.25, 0.3) is 0 Å². The fourth-order valence-corrected chi connectivity index (χ4v) is 1.68. The molecule has 0 amide bonds. The molecule has 5 heteroatoms. The fourth-order valence-electron chi connectivity index (χ4n) is 1.23. The first-order chi connectivity index (χ1) is 9.10. The van der Waals surface area contributed by atoms with Crippen molar-refractivity contribution in [2.75, 3.05) is 0 Å². The molecule has 0 saturated heterocycles. The second kappa shape index (κ2) is 7.33. The van der Waals surface area contributed by atoms with Crippen molar-refractivity contribution in [1.82, 2.24) is 0 Å². The average molecular weight is 323 g/mol. The van der Waals surface area contributed by atoms with Gasteiger partial charge in [-0.05, 0) is 40.2 Å². The minimum Gasteiger partial charge on any atom is -0.507 e.